The molecular weight excluding hydrogens is 173 g/mol. The third-order valence-electron chi connectivity index (χ3n) is 1.47. The van der Waals surface area contributed by atoms with Gasteiger partial charge >= 0.3 is 59.7 Å². The average Bonchev–Trinajstić information content (AvgIpc) is 1.64. The summed E-state index contributed by atoms with van der Waals surface area (Å²) in [5.41, 5.74) is 0. The first-order valence-corrected chi connectivity index (χ1v) is 10.6. The second kappa shape index (κ2) is 3.42. The monoisotopic (exact) mass is 190 g/mol. The van der Waals surface area contributed by atoms with Crippen LogP contribution < -0.4 is 0 Å². The van der Waals surface area contributed by atoms with E-state index in [2.05, 4.69) is 23.8 Å². The Bertz CT molecular complexity index is 102. The quantitative estimate of drug-likeness (QED) is 0.670. The van der Waals surface area contributed by atoms with Gasteiger partial charge in [0.2, 0.25) is 0 Å². The van der Waals surface area contributed by atoms with Gasteiger partial charge in [-0.3, -0.25) is 0 Å². The molecule has 9 heavy (non-hydrogen) atoms. The van der Waals surface area contributed by atoms with Crippen molar-refractivity contribution in [2.75, 3.05) is 6.61 Å². The van der Waals surface area contributed by atoms with Crippen molar-refractivity contribution >= 4 is 13.3 Å². The van der Waals surface area contributed by atoms with Gasteiger partial charge in [0.05, 0.1) is 0 Å². The molecule has 0 radical (unpaired) electrons. The first-order valence-electron chi connectivity index (χ1n) is 3.27. The van der Waals surface area contributed by atoms with Gasteiger partial charge in [0.25, 0.3) is 0 Å². The van der Waals surface area contributed by atoms with Gasteiger partial charge in [-0.25, -0.2) is 0 Å². The first-order chi connectivity index (χ1) is 3.98. The molecule has 1 N–H and O–H groups in total. The van der Waals surface area contributed by atoms with Crippen LogP contribution in [0.2, 0.25) is 17.3 Å². The van der Waals surface area contributed by atoms with Crippen LogP contribution in [0.15, 0.2) is 11.0 Å². The zero-order valence-electron chi connectivity index (χ0n) is 6.57. The molecule has 0 aliphatic rings. The summed E-state index contributed by atoms with van der Waals surface area (Å²) in [5.74, 6) is 6.87. The minimum atomic E-state index is -1.59. The number of aliphatic hydroxyl groups is 1. The van der Waals surface area contributed by atoms with Gasteiger partial charge < -0.3 is 0 Å². The molecule has 0 spiro atoms. The van der Waals surface area contributed by atoms with Gasteiger partial charge in [-0.1, -0.05) is 0 Å². The molecule has 0 rings (SSSR count). The summed E-state index contributed by atoms with van der Waals surface area (Å²) in [6.07, 6.45) is 0.809. The van der Waals surface area contributed by atoms with Crippen LogP contribution in [-0.4, -0.2) is 25.0 Å². The summed E-state index contributed by atoms with van der Waals surface area (Å²) in [5, 5.41) is 8.57. The normalized spacial score (nSPS) is 11.6. The van der Waals surface area contributed by atoms with E-state index in [1.807, 2.05) is 0 Å². The summed E-state index contributed by atoms with van der Waals surface area (Å²) in [6.45, 7) is 4.20. The molecule has 1 nitrogen and oxygen atoms in total. The van der Waals surface area contributed by atoms with Crippen LogP contribution >= 0.6 is 0 Å². The molecule has 2 heteroatoms. The van der Waals surface area contributed by atoms with Crippen molar-refractivity contribution in [3.63, 3.8) is 0 Å². The molecule has 0 heterocycles. The molecule has 0 atom stereocenters. The molecule has 0 aliphatic heterocycles. The van der Waals surface area contributed by atoms with Gasteiger partial charge in [0.1, 0.15) is 0 Å². The van der Waals surface area contributed by atoms with Crippen LogP contribution in [0.3, 0.4) is 0 Å². The summed E-state index contributed by atoms with van der Waals surface area (Å²) < 4.78 is 1.30. The third kappa shape index (κ3) is 3.76. The van der Waals surface area contributed by atoms with Gasteiger partial charge in [-0.05, 0) is 0 Å². The fourth-order valence-electron chi connectivity index (χ4n) is 0.510. The van der Waals surface area contributed by atoms with Gasteiger partial charge in [-0.15, -0.1) is 0 Å². The molecule has 54 valence electrons. The zero-order chi connectivity index (χ0) is 7.49. The Morgan fingerprint density at radius 3 is 2.00 bits per heavy atom. The molecule has 0 bridgehead atoms. The molecule has 0 amide bonds. The number of hydrogen-bond acceptors (Lipinski definition) is 1. The number of rotatable bonds is 3. The molecule has 0 unspecified atom stereocenters. The molecule has 0 aliphatic carbocycles. The predicted molar refractivity (Wildman–Crippen MR) is 44.2 cm³/mol. The van der Waals surface area contributed by atoms with Crippen molar-refractivity contribution in [3.8, 4) is 0 Å². The van der Waals surface area contributed by atoms with Crippen molar-refractivity contribution in [2.24, 2.45) is 0 Å². The summed E-state index contributed by atoms with van der Waals surface area (Å²) >= 11 is -1.59. The first kappa shape index (κ1) is 9.24. The Labute approximate surface area is 60.1 Å². The standard InChI is InChI=1S/C7H16GeO/c1-7(5-6-9)8(2,3)4/h9H,1,5-6H2,2-4H3. The van der Waals surface area contributed by atoms with Crippen molar-refractivity contribution in [1.29, 1.82) is 0 Å². The molecular formula is C7H16GeO. The van der Waals surface area contributed by atoms with Gasteiger partial charge in [-0.2, -0.15) is 0 Å². The van der Waals surface area contributed by atoms with Gasteiger partial charge in [0.15, 0.2) is 0 Å². The maximum atomic E-state index is 8.57. The van der Waals surface area contributed by atoms with E-state index in [0.717, 1.165) is 6.42 Å². The second-order valence-corrected chi connectivity index (χ2v) is 14.3. The van der Waals surface area contributed by atoms with E-state index < -0.39 is 13.3 Å². The van der Waals surface area contributed by atoms with E-state index in [9.17, 15) is 0 Å². The molecule has 0 aromatic heterocycles. The van der Waals surface area contributed by atoms with Crippen LogP contribution in [-0.2, 0) is 0 Å². The maximum absolute atomic E-state index is 8.57. The van der Waals surface area contributed by atoms with Gasteiger partial charge in [0, 0.05) is 0 Å². The van der Waals surface area contributed by atoms with Crippen molar-refractivity contribution < 1.29 is 5.11 Å². The Hall–Kier alpha value is 0.243. The van der Waals surface area contributed by atoms with E-state index in [-0.39, 0.29) is 6.61 Å². The van der Waals surface area contributed by atoms with E-state index in [4.69, 9.17) is 5.11 Å². The Morgan fingerprint density at radius 1 is 1.44 bits per heavy atom. The zero-order valence-corrected chi connectivity index (χ0v) is 8.67. The van der Waals surface area contributed by atoms with E-state index in [0.29, 0.717) is 0 Å². The topological polar surface area (TPSA) is 20.2 Å². The Morgan fingerprint density at radius 2 is 1.89 bits per heavy atom. The van der Waals surface area contributed by atoms with E-state index in [1.165, 1.54) is 4.41 Å². The second-order valence-electron chi connectivity index (χ2n) is 3.33. The predicted octanol–water partition coefficient (Wildman–Crippen LogP) is 1.80. The van der Waals surface area contributed by atoms with E-state index in [1.54, 1.807) is 0 Å². The van der Waals surface area contributed by atoms with Crippen LogP contribution in [0, 0.1) is 0 Å². The summed E-state index contributed by atoms with van der Waals surface area (Å²) in [4.78, 5) is 0. The number of aliphatic hydroxyl groups excluding tert-OH is 1. The van der Waals surface area contributed by atoms with Crippen molar-refractivity contribution in [1.82, 2.24) is 0 Å². The molecule has 0 aromatic carbocycles. The molecule has 0 saturated carbocycles. The molecule has 0 saturated heterocycles. The average molecular weight is 189 g/mol. The SMILES string of the molecule is C=[C](CCO)[Ge]([CH3])([CH3])[CH3]. The summed E-state index contributed by atoms with van der Waals surface area (Å²) in [7, 11) is 0. The Kier molecular flexibility index (Phi) is 3.51. The van der Waals surface area contributed by atoms with Crippen LogP contribution in [0.25, 0.3) is 0 Å². The molecule has 0 fully saturated rings. The van der Waals surface area contributed by atoms with Crippen LogP contribution in [0.4, 0.5) is 0 Å². The number of hydrogen-bond donors (Lipinski definition) is 1. The van der Waals surface area contributed by atoms with Crippen molar-refractivity contribution in [3.05, 3.63) is 11.0 Å². The third-order valence-corrected chi connectivity index (χ3v) is 6.45. The fraction of sp³-hybridized carbons (Fsp3) is 0.714. The molecule has 0 aromatic rings. The Balaban J connectivity index is 3.74. The summed E-state index contributed by atoms with van der Waals surface area (Å²) in [6, 6.07) is 0. The fourth-order valence-corrected chi connectivity index (χ4v) is 2.32. The van der Waals surface area contributed by atoms with Crippen LogP contribution in [0.5, 0.6) is 0 Å². The van der Waals surface area contributed by atoms with Crippen molar-refractivity contribution in [2.45, 2.75) is 23.7 Å². The minimum absolute atomic E-state index is 0.265. The van der Waals surface area contributed by atoms with E-state index >= 15 is 0 Å². The van der Waals surface area contributed by atoms with Crippen LogP contribution in [0.1, 0.15) is 6.42 Å².